The van der Waals surface area contributed by atoms with Crippen LogP contribution >= 0.6 is 11.6 Å². The van der Waals surface area contributed by atoms with Crippen LogP contribution in [0.4, 0.5) is 0 Å². The highest BCUT2D eigenvalue weighted by Crippen LogP contribution is 2.27. The first-order valence-corrected chi connectivity index (χ1v) is 8.04. The summed E-state index contributed by atoms with van der Waals surface area (Å²) >= 11 is 6.27. The summed E-state index contributed by atoms with van der Waals surface area (Å²) in [6.45, 7) is 3.88. The van der Waals surface area contributed by atoms with Crippen molar-refractivity contribution in [3.8, 4) is 5.75 Å². The first-order valence-electron chi connectivity index (χ1n) is 7.67. The molecule has 0 aliphatic carbocycles. The normalized spacial score (nSPS) is 12.4. The van der Waals surface area contributed by atoms with Crippen molar-refractivity contribution in [3.05, 3.63) is 58.9 Å². The Bertz CT molecular complexity index is 607. The largest absolute Gasteiger partial charge is 0.492 e. The van der Waals surface area contributed by atoms with Crippen LogP contribution < -0.4 is 4.74 Å². The molecule has 1 atom stereocenters. The first-order chi connectivity index (χ1) is 11.2. The van der Waals surface area contributed by atoms with Crippen LogP contribution in [0.1, 0.15) is 24.2 Å². The predicted octanol–water partition coefficient (Wildman–Crippen LogP) is 3.95. The SMILES string of the molecule is CCOc1ccc(CN(C)C(COC)c2ccccn2)cc1Cl. The van der Waals surface area contributed by atoms with Gasteiger partial charge in [0.05, 0.1) is 30.0 Å². The van der Waals surface area contributed by atoms with Gasteiger partial charge in [-0.2, -0.15) is 0 Å². The molecule has 1 heterocycles. The zero-order valence-electron chi connectivity index (χ0n) is 13.8. The van der Waals surface area contributed by atoms with Crippen molar-refractivity contribution in [2.45, 2.75) is 19.5 Å². The van der Waals surface area contributed by atoms with Crippen LogP contribution in [0.25, 0.3) is 0 Å². The Balaban J connectivity index is 2.12. The van der Waals surface area contributed by atoms with Crippen molar-refractivity contribution in [2.75, 3.05) is 27.4 Å². The molecule has 124 valence electrons. The average Bonchev–Trinajstić information content (AvgIpc) is 2.56. The van der Waals surface area contributed by atoms with Gasteiger partial charge in [0.25, 0.3) is 0 Å². The minimum Gasteiger partial charge on any atom is -0.492 e. The number of methoxy groups -OCH3 is 1. The van der Waals surface area contributed by atoms with Crippen LogP contribution in [0.2, 0.25) is 5.02 Å². The third kappa shape index (κ3) is 4.93. The first kappa shape index (κ1) is 17.7. The Morgan fingerprint density at radius 1 is 1.26 bits per heavy atom. The zero-order valence-corrected chi connectivity index (χ0v) is 14.6. The smallest absolute Gasteiger partial charge is 0.137 e. The van der Waals surface area contributed by atoms with Crippen LogP contribution in [-0.4, -0.2) is 37.3 Å². The molecule has 2 aromatic rings. The number of halogens is 1. The Morgan fingerprint density at radius 3 is 2.70 bits per heavy atom. The molecule has 0 N–H and O–H groups in total. The lowest BCUT2D eigenvalue weighted by Crippen LogP contribution is -2.28. The molecule has 5 heteroatoms. The van der Waals surface area contributed by atoms with E-state index in [2.05, 4.69) is 16.9 Å². The van der Waals surface area contributed by atoms with Crippen LogP contribution in [0.3, 0.4) is 0 Å². The van der Waals surface area contributed by atoms with Crippen LogP contribution in [0.15, 0.2) is 42.6 Å². The number of rotatable bonds is 8. The fourth-order valence-corrected chi connectivity index (χ4v) is 2.74. The van der Waals surface area contributed by atoms with Gasteiger partial charge in [0, 0.05) is 19.9 Å². The maximum atomic E-state index is 6.27. The Morgan fingerprint density at radius 2 is 2.09 bits per heavy atom. The Hall–Kier alpha value is -1.62. The standard InChI is InChI=1S/C18H23ClN2O2/c1-4-23-18-9-8-14(11-15(18)19)12-21(2)17(13-22-3)16-7-5-6-10-20-16/h5-11,17H,4,12-13H2,1-3H3. The highest BCUT2D eigenvalue weighted by molar-refractivity contribution is 6.32. The molecule has 1 unspecified atom stereocenters. The summed E-state index contributed by atoms with van der Waals surface area (Å²) in [5, 5.41) is 0.638. The quantitative estimate of drug-likeness (QED) is 0.732. The molecule has 0 fully saturated rings. The Kier molecular flexibility index (Phi) is 6.84. The summed E-state index contributed by atoms with van der Waals surface area (Å²) in [7, 11) is 3.76. The van der Waals surface area contributed by atoms with Gasteiger partial charge in [-0.05, 0) is 43.8 Å². The van der Waals surface area contributed by atoms with Gasteiger partial charge >= 0.3 is 0 Å². The van der Waals surface area contributed by atoms with Gasteiger partial charge in [-0.1, -0.05) is 23.7 Å². The fraction of sp³-hybridized carbons (Fsp3) is 0.389. The molecule has 0 amide bonds. The number of hydrogen-bond donors (Lipinski definition) is 0. The maximum absolute atomic E-state index is 6.27. The van der Waals surface area contributed by atoms with Gasteiger partial charge in [-0.25, -0.2) is 0 Å². The van der Waals surface area contributed by atoms with E-state index in [0.717, 1.165) is 23.6 Å². The van der Waals surface area contributed by atoms with E-state index < -0.39 is 0 Å². The van der Waals surface area contributed by atoms with Crippen molar-refractivity contribution in [1.82, 2.24) is 9.88 Å². The topological polar surface area (TPSA) is 34.6 Å². The van der Waals surface area contributed by atoms with Crippen LogP contribution in [0, 0.1) is 0 Å². The van der Waals surface area contributed by atoms with Gasteiger partial charge in [0.1, 0.15) is 5.75 Å². The summed E-state index contributed by atoms with van der Waals surface area (Å²) < 4.78 is 10.8. The molecule has 0 aliphatic heterocycles. The van der Waals surface area contributed by atoms with Crippen molar-refractivity contribution in [1.29, 1.82) is 0 Å². The molecule has 0 spiro atoms. The molecule has 1 aromatic heterocycles. The molecule has 0 bridgehead atoms. The van der Waals surface area contributed by atoms with E-state index in [1.807, 2.05) is 43.3 Å². The van der Waals surface area contributed by atoms with E-state index >= 15 is 0 Å². The maximum Gasteiger partial charge on any atom is 0.137 e. The molecular weight excluding hydrogens is 312 g/mol. The second-order valence-electron chi connectivity index (χ2n) is 5.34. The monoisotopic (exact) mass is 334 g/mol. The number of pyridine rings is 1. The van der Waals surface area contributed by atoms with Gasteiger partial charge in [-0.15, -0.1) is 0 Å². The highest BCUT2D eigenvalue weighted by atomic mass is 35.5. The van der Waals surface area contributed by atoms with Crippen LogP contribution in [0.5, 0.6) is 5.75 Å². The molecule has 0 saturated carbocycles. The average molecular weight is 335 g/mol. The van der Waals surface area contributed by atoms with Crippen molar-refractivity contribution in [2.24, 2.45) is 0 Å². The number of likely N-dealkylation sites (N-methyl/N-ethyl adjacent to an activating group) is 1. The van der Waals surface area contributed by atoms with E-state index in [-0.39, 0.29) is 6.04 Å². The Labute approximate surface area is 143 Å². The fourth-order valence-electron chi connectivity index (χ4n) is 2.48. The van der Waals surface area contributed by atoms with Crippen molar-refractivity contribution < 1.29 is 9.47 Å². The molecular formula is C18H23ClN2O2. The van der Waals surface area contributed by atoms with Gasteiger partial charge in [0.15, 0.2) is 0 Å². The predicted molar refractivity (Wildman–Crippen MR) is 92.9 cm³/mol. The summed E-state index contributed by atoms with van der Waals surface area (Å²) in [6, 6.07) is 11.9. The number of ether oxygens (including phenoxy) is 2. The minimum atomic E-state index is 0.0894. The molecule has 2 rings (SSSR count). The lowest BCUT2D eigenvalue weighted by molar-refractivity contribution is 0.1000. The zero-order chi connectivity index (χ0) is 16.7. The van der Waals surface area contributed by atoms with E-state index in [0.29, 0.717) is 18.2 Å². The van der Waals surface area contributed by atoms with Gasteiger partial charge in [-0.3, -0.25) is 9.88 Å². The second-order valence-corrected chi connectivity index (χ2v) is 5.75. The van der Waals surface area contributed by atoms with Gasteiger partial charge < -0.3 is 9.47 Å². The van der Waals surface area contributed by atoms with E-state index in [1.54, 1.807) is 13.3 Å². The number of hydrogen-bond acceptors (Lipinski definition) is 4. The third-order valence-electron chi connectivity index (χ3n) is 3.61. The van der Waals surface area contributed by atoms with E-state index in [1.165, 1.54) is 0 Å². The van der Waals surface area contributed by atoms with Gasteiger partial charge in [0.2, 0.25) is 0 Å². The molecule has 23 heavy (non-hydrogen) atoms. The molecule has 0 aliphatic rings. The lowest BCUT2D eigenvalue weighted by Gasteiger charge is -2.27. The summed E-state index contributed by atoms with van der Waals surface area (Å²) in [5.74, 6) is 0.721. The summed E-state index contributed by atoms with van der Waals surface area (Å²) in [4.78, 5) is 6.65. The second kappa shape index (κ2) is 8.87. The highest BCUT2D eigenvalue weighted by Gasteiger charge is 2.18. The number of nitrogens with zero attached hydrogens (tertiary/aromatic N) is 2. The summed E-state index contributed by atoms with van der Waals surface area (Å²) in [6.07, 6.45) is 1.81. The summed E-state index contributed by atoms with van der Waals surface area (Å²) in [5.41, 5.74) is 2.12. The molecule has 4 nitrogen and oxygen atoms in total. The van der Waals surface area contributed by atoms with E-state index in [4.69, 9.17) is 21.1 Å². The van der Waals surface area contributed by atoms with Crippen LogP contribution in [-0.2, 0) is 11.3 Å². The number of benzene rings is 1. The molecule has 0 radical (unpaired) electrons. The molecule has 0 saturated heterocycles. The third-order valence-corrected chi connectivity index (χ3v) is 3.91. The lowest BCUT2D eigenvalue weighted by atomic mass is 10.1. The minimum absolute atomic E-state index is 0.0894. The van der Waals surface area contributed by atoms with Crippen molar-refractivity contribution in [3.63, 3.8) is 0 Å². The molecule has 1 aromatic carbocycles. The number of aromatic nitrogens is 1. The van der Waals surface area contributed by atoms with E-state index in [9.17, 15) is 0 Å². The van der Waals surface area contributed by atoms with Crippen molar-refractivity contribution >= 4 is 11.6 Å².